The van der Waals surface area contributed by atoms with Crippen LogP contribution in [0.5, 0.6) is 5.75 Å². The molecule has 0 saturated carbocycles. The second kappa shape index (κ2) is 8.88. The first-order valence-corrected chi connectivity index (χ1v) is 9.35. The Kier molecular flexibility index (Phi) is 6.31. The van der Waals surface area contributed by atoms with Gasteiger partial charge >= 0.3 is 0 Å². The highest BCUT2D eigenvalue weighted by Crippen LogP contribution is 2.32. The number of carbonyl (C=O) groups is 3. The number of imide groups is 1. The molecule has 3 amide bonds. The molecule has 27 heavy (non-hydrogen) atoms. The van der Waals surface area contributed by atoms with E-state index in [9.17, 15) is 14.4 Å². The normalized spacial score (nSPS) is 18.9. The van der Waals surface area contributed by atoms with Crippen LogP contribution in [0.2, 0.25) is 0 Å². The predicted octanol–water partition coefficient (Wildman–Crippen LogP) is 2.15. The monoisotopic (exact) mass is 388 g/mol. The number of thioether (sulfide) groups is 1. The zero-order chi connectivity index (χ0) is 19.2. The minimum Gasteiger partial charge on any atom is -0.490 e. The average Bonchev–Trinajstić information content (AvgIpc) is 2.95. The summed E-state index contributed by atoms with van der Waals surface area (Å²) >= 11 is 0.842. The van der Waals surface area contributed by atoms with Crippen molar-refractivity contribution in [3.05, 3.63) is 47.4 Å². The molecule has 2 saturated heterocycles. The molecule has 0 aromatic heterocycles. The number of rotatable bonds is 6. The number of carbonyl (C=O) groups excluding carboxylic acids is 3. The van der Waals surface area contributed by atoms with Gasteiger partial charge in [-0.25, -0.2) is 0 Å². The Labute approximate surface area is 161 Å². The highest BCUT2D eigenvalue weighted by molar-refractivity contribution is 8.18. The van der Waals surface area contributed by atoms with Crippen LogP contribution in [-0.4, -0.2) is 66.3 Å². The summed E-state index contributed by atoms with van der Waals surface area (Å²) in [6, 6.07) is 7.15. The maximum absolute atomic E-state index is 12.5. The van der Waals surface area contributed by atoms with Crippen LogP contribution in [0.4, 0.5) is 4.79 Å². The fraction of sp³-hybridized carbons (Fsp3) is 0.316. The molecule has 0 bridgehead atoms. The number of amides is 3. The number of ether oxygens (including phenoxy) is 2. The first kappa shape index (κ1) is 19.2. The van der Waals surface area contributed by atoms with Crippen LogP contribution in [0, 0.1) is 0 Å². The smallest absolute Gasteiger partial charge is 0.294 e. The van der Waals surface area contributed by atoms with Crippen molar-refractivity contribution in [3.63, 3.8) is 0 Å². The van der Waals surface area contributed by atoms with E-state index in [4.69, 9.17) is 9.47 Å². The van der Waals surface area contributed by atoms with Crippen LogP contribution < -0.4 is 4.74 Å². The van der Waals surface area contributed by atoms with Gasteiger partial charge in [-0.3, -0.25) is 19.3 Å². The van der Waals surface area contributed by atoms with Crippen molar-refractivity contribution in [3.8, 4) is 5.75 Å². The average molecular weight is 388 g/mol. The van der Waals surface area contributed by atoms with E-state index in [1.165, 1.54) is 0 Å². The molecule has 3 rings (SSSR count). The summed E-state index contributed by atoms with van der Waals surface area (Å²) in [4.78, 5) is 39.9. The molecule has 0 N–H and O–H groups in total. The maximum atomic E-state index is 12.5. The standard InChI is InChI=1S/C19H20N2O5S/c1-2-9-26-15-5-3-14(4-6-15)12-16-18(23)21(19(24)27-16)13-17(22)20-7-10-25-11-8-20/h2-6,12H,1,7-11,13H2/b16-12+. The number of hydrogen-bond donors (Lipinski definition) is 0. The van der Waals surface area contributed by atoms with Gasteiger partial charge in [-0.1, -0.05) is 24.8 Å². The molecule has 0 radical (unpaired) electrons. The quantitative estimate of drug-likeness (QED) is 0.549. The summed E-state index contributed by atoms with van der Waals surface area (Å²) in [5.41, 5.74) is 0.769. The summed E-state index contributed by atoms with van der Waals surface area (Å²) < 4.78 is 10.6. The fourth-order valence-electron chi connectivity index (χ4n) is 2.65. The van der Waals surface area contributed by atoms with Gasteiger partial charge in [0.15, 0.2) is 0 Å². The molecular formula is C19H20N2O5S. The third-order valence-corrected chi connectivity index (χ3v) is 4.98. The van der Waals surface area contributed by atoms with Crippen LogP contribution in [0.25, 0.3) is 6.08 Å². The molecule has 0 unspecified atom stereocenters. The number of hydrogen-bond acceptors (Lipinski definition) is 6. The Balaban J connectivity index is 1.65. The second-order valence-corrected chi connectivity index (χ2v) is 6.92. The molecule has 2 heterocycles. The van der Waals surface area contributed by atoms with Crippen molar-refractivity contribution in [1.29, 1.82) is 0 Å². The Bertz CT molecular complexity index is 769. The van der Waals surface area contributed by atoms with Crippen LogP contribution in [-0.2, 0) is 14.3 Å². The van der Waals surface area contributed by atoms with E-state index >= 15 is 0 Å². The van der Waals surface area contributed by atoms with Gasteiger partial charge in [0.1, 0.15) is 18.9 Å². The third-order valence-electron chi connectivity index (χ3n) is 4.08. The van der Waals surface area contributed by atoms with E-state index in [2.05, 4.69) is 6.58 Å². The van der Waals surface area contributed by atoms with Gasteiger partial charge in [-0.05, 0) is 35.5 Å². The molecule has 7 nitrogen and oxygen atoms in total. The molecule has 0 spiro atoms. The van der Waals surface area contributed by atoms with Gasteiger partial charge in [-0.2, -0.15) is 0 Å². The van der Waals surface area contributed by atoms with Crippen molar-refractivity contribution in [2.24, 2.45) is 0 Å². The van der Waals surface area contributed by atoms with E-state index in [-0.39, 0.29) is 12.5 Å². The van der Waals surface area contributed by atoms with Crippen LogP contribution in [0.1, 0.15) is 5.56 Å². The van der Waals surface area contributed by atoms with Crippen molar-refractivity contribution < 1.29 is 23.9 Å². The topological polar surface area (TPSA) is 76.2 Å². The lowest BCUT2D eigenvalue weighted by atomic mass is 10.2. The Hall–Kier alpha value is -2.58. The largest absolute Gasteiger partial charge is 0.490 e. The van der Waals surface area contributed by atoms with Crippen LogP contribution in [0.15, 0.2) is 41.8 Å². The fourth-order valence-corrected chi connectivity index (χ4v) is 3.49. The minimum atomic E-state index is -0.446. The lowest BCUT2D eigenvalue weighted by molar-refractivity contribution is -0.139. The Morgan fingerprint density at radius 2 is 1.93 bits per heavy atom. The van der Waals surface area contributed by atoms with E-state index < -0.39 is 11.1 Å². The van der Waals surface area contributed by atoms with Gasteiger partial charge in [0, 0.05) is 13.1 Å². The number of nitrogens with zero attached hydrogens (tertiary/aromatic N) is 2. The van der Waals surface area contributed by atoms with E-state index in [0.29, 0.717) is 43.6 Å². The predicted molar refractivity (Wildman–Crippen MR) is 102 cm³/mol. The van der Waals surface area contributed by atoms with Gasteiger partial charge < -0.3 is 14.4 Å². The molecule has 8 heteroatoms. The van der Waals surface area contributed by atoms with Crippen molar-refractivity contribution in [2.45, 2.75) is 0 Å². The molecule has 1 aromatic carbocycles. The lowest BCUT2D eigenvalue weighted by Crippen LogP contribution is -2.46. The highest BCUT2D eigenvalue weighted by atomic mass is 32.2. The minimum absolute atomic E-state index is 0.240. The summed E-state index contributed by atoms with van der Waals surface area (Å²) in [5, 5.41) is -0.432. The molecule has 0 atom stereocenters. The van der Waals surface area contributed by atoms with E-state index in [1.54, 1.807) is 41.3 Å². The SMILES string of the molecule is C=CCOc1ccc(/C=C2/SC(=O)N(CC(=O)N3CCOCC3)C2=O)cc1. The summed E-state index contributed by atoms with van der Waals surface area (Å²) in [7, 11) is 0. The molecule has 2 fully saturated rings. The van der Waals surface area contributed by atoms with Crippen molar-refractivity contribution in [2.75, 3.05) is 39.5 Å². The summed E-state index contributed by atoms with van der Waals surface area (Å²) in [5.74, 6) is 0.000394. The highest BCUT2D eigenvalue weighted by Gasteiger charge is 2.37. The van der Waals surface area contributed by atoms with Crippen LogP contribution >= 0.6 is 11.8 Å². The lowest BCUT2D eigenvalue weighted by Gasteiger charge is -2.28. The first-order valence-electron chi connectivity index (χ1n) is 8.53. The molecule has 1 aromatic rings. The van der Waals surface area contributed by atoms with Gasteiger partial charge in [0.05, 0.1) is 18.1 Å². The number of benzene rings is 1. The molecule has 0 aliphatic carbocycles. The summed E-state index contributed by atoms with van der Waals surface area (Å²) in [6.45, 7) is 5.66. The third kappa shape index (κ3) is 4.78. The molecular weight excluding hydrogens is 368 g/mol. The zero-order valence-electron chi connectivity index (χ0n) is 14.8. The van der Waals surface area contributed by atoms with Gasteiger partial charge in [-0.15, -0.1) is 0 Å². The number of morpholine rings is 1. The second-order valence-electron chi connectivity index (χ2n) is 5.93. The first-order chi connectivity index (χ1) is 13.1. The van der Waals surface area contributed by atoms with Crippen molar-refractivity contribution >= 4 is 34.9 Å². The maximum Gasteiger partial charge on any atom is 0.294 e. The molecule has 2 aliphatic heterocycles. The van der Waals surface area contributed by atoms with Crippen LogP contribution in [0.3, 0.4) is 0 Å². The van der Waals surface area contributed by atoms with Gasteiger partial charge in [0.25, 0.3) is 11.1 Å². The molecule has 2 aliphatic rings. The Morgan fingerprint density at radius 3 is 2.59 bits per heavy atom. The Morgan fingerprint density at radius 1 is 1.22 bits per heavy atom. The van der Waals surface area contributed by atoms with E-state index in [1.807, 2.05) is 0 Å². The summed E-state index contributed by atoms with van der Waals surface area (Å²) in [6.07, 6.45) is 3.30. The zero-order valence-corrected chi connectivity index (χ0v) is 15.6. The molecule has 142 valence electrons. The van der Waals surface area contributed by atoms with Crippen molar-refractivity contribution in [1.82, 2.24) is 9.80 Å². The van der Waals surface area contributed by atoms with Gasteiger partial charge in [0.2, 0.25) is 5.91 Å². The van der Waals surface area contributed by atoms with E-state index in [0.717, 1.165) is 22.2 Å².